The molecular weight excluding hydrogens is 548 g/mol. The molecular formula is C30H37ClN4O6. The van der Waals surface area contributed by atoms with Crippen molar-refractivity contribution in [1.29, 1.82) is 0 Å². The summed E-state index contributed by atoms with van der Waals surface area (Å²) in [6.45, 7) is 0.809. The molecule has 0 saturated carbocycles. The summed E-state index contributed by atoms with van der Waals surface area (Å²) in [5, 5.41) is 17.0. The number of aliphatic hydroxyl groups is 1. The maximum absolute atomic E-state index is 13.0. The molecule has 5 atom stereocenters. The predicted molar refractivity (Wildman–Crippen MR) is 157 cm³/mol. The number of nitrogens with zero attached hydrogens (tertiary/aromatic N) is 1. The summed E-state index contributed by atoms with van der Waals surface area (Å²) >= 11 is 6.03. The molecule has 10 nitrogen and oxygen atoms in total. The Hall–Kier alpha value is -3.25. The number of rotatable bonds is 13. The molecule has 0 aromatic heterocycles. The SMILES string of the molecule is COC[C@H]1O[C@@H](OCc2ccc3ccccc3c2)[C@H](NC(=O)CCCN=C(N)N)[C@@H](OCc2ccc(Cl)cc2)[C@@H]1O. The Morgan fingerprint density at radius 2 is 1.73 bits per heavy atom. The highest BCUT2D eigenvalue weighted by atomic mass is 35.5. The zero-order valence-corrected chi connectivity index (χ0v) is 23.7. The molecule has 3 aromatic rings. The summed E-state index contributed by atoms with van der Waals surface area (Å²) in [6, 6.07) is 20.5. The standard InChI is InChI=1S/C30H37ClN4O6/c1-38-18-24-27(37)28(39-16-19-9-12-23(31)13-10-19)26(35-25(36)7-4-14-34-30(32)33)29(41-24)40-17-20-8-11-21-5-2-3-6-22(21)15-20/h2-3,5-6,8-13,15,24,26-29,37H,4,7,14,16-18H2,1H3,(H,35,36)(H4,32,33,34)/t24-,26-,27-,28-,29-/m1/s1. The summed E-state index contributed by atoms with van der Waals surface area (Å²) in [6.07, 6.45) is -3.04. The van der Waals surface area contributed by atoms with Gasteiger partial charge in [-0.15, -0.1) is 0 Å². The Balaban J connectivity index is 1.53. The Bertz CT molecular complexity index is 1300. The number of amides is 1. The van der Waals surface area contributed by atoms with Gasteiger partial charge in [0.25, 0.3) is 0 Å². The van der Waals surface area contributed by atoms with E-state index in [9.17, 15) is 9.90 Å². The van der Waals surface area contributed by atoms with Crippen molar-refractivity contribution in [3.63, 3.8) is 0 Å². The number of hydrogen-bond acceptors (Lipinski definition) is 7. The maximum Gasteiger partial charge on any atom is 0.220 e. The first-order valence-corrected chi connectivity index (χ1v) is 13.8. The highest BCUT2D eigenvalue weighted by molar-refractivity contribution is 6.30. The minimum atomic E-state index is -1.10. The van der Waals surface area contributed by atoms with Gasteiger partial charge in [0, 0.05) is 25.1 Å². The van der Waals surface area contributed by atoms with Crippen molar-refractivity contribution in [2.45, 2.75) is 56.7 Å². The molecule has 1 fully saturated rings. The number of nitrogens with two attached hydrogens (primary N) is 2. The Kier molecular flexibility index (Phi) is 11.3. The zero-order valence-electron chi connectivity index (χ0n) is 22.9. The summed E-state index contributed by atoms with van der Waals surface area (Å²) in [4.78, 5) is 16.9. The summed E-state index contributed by atoms with van der Waals surface area (Å²) < 4.78 is 23.9. The van der Waals surface area contributed by atoms with Gasteiger partial charge in [0.05, 0.1) is 19.8 Å². The Morgan fingerprint density at radius 3 is 2.46 bits per heavy atom. The lowest BCUT2D eigenvalue weighted by molar-refractivity contribution is -0.282. The Labute approximate surface area is 244 Å². The fraction of sp³-hybridized carbons (Fsp3) is 0.400. The zero-order chi connectivity index (χ0) is 29.2. The van der Waals surface area contributed by atoms with E-state index in [0.717, 1.165) is 21.9 Å². The van der Waals surface area contributed by atoms with E-state index in [1.165, 1.54) is 7.11 Å². The molecule has 0 spiro atoms. The van der Waals surface area contributed by atoms with E-state index in [0.29, 0.717) is 18.0 Å². The van der Waals surface area contributed by atoms with Gasteiger partial charge in [-0.05, 0) is 46.5 Å². The number of guanidine groups is 1. The molecule has 4 rings (SSSR count). The number of aliphatic imine (C=N–C) groups is 1. The van der Waals surface area contributed by atoms with Crippen molar-refractivity contribution in [2.24, 2.45) is 16.5 Å². The lowest BCUT2D eigenvalue weighted by Crippen LogP contribution is -2.65. The number of hydrogen-bond donors (Lipinski definition) is 4. The Morgan fingerprint density at radius 1 is 1.02 bits per heavy atom. The van der Waals surface area contributed by atoms with Crippen molar-refractivity contribution >= 4 is 34.2 Å². The van der Waals surface area contributed by atoms with Crippen molar-refractivity contribution in [3.05, 3.63) is 82.9 Å². The number of aliphatic hydroxyl groups excluding tert-OH is 1. The predicted octanol–water partition coefficient (Wildman–Crippen LogP) is 2.87. The number of carbonyl (C=O) groups excluding carboxylic acids is 1. The molecule has 6 N–H and O–H groups in total. The third kappa shape index (κ3) is 8.87. The molecule has 220 valence electrons. The van der Waals surface area contributed by atoms with Gasteiger partial charge in [-0.2, -0.15) is 0 Å². The third-order valence-corrected chi connectivity index (χ3v) is 7.02. The minimum absolute atomic E-state index is 0.0313. The van der Waals surface area contributed by atoms with Gasteiger partial charge in [-0.25, -0.2) is 0 Å². The fourth-order valence-electron chi connectivity index (χ4n) is 4.70. The molecule has 0 unspecified atom stereocenters. The monoisotopic (exact) mass is 584 g/mol. The van der Waals surface area contributed by atoms with Crippen LogP contribution in [0.5, 0.6) is 0 Å². The van der Waals surface area contributed by atoms with Crippen LogP contribution in [0.3, 0.4) is 0 Å². The molecule has 41 heavy (non-hydrogen) atoms. The molecule has 0 radical (unpaired) electrons. The van der Waals surface area contributed by atoms with Crippen molar-refractivity contribution < 1.29 is 28.8 Å². The highest BCUT2D eigenvalue weighted by Crippen LogP contribution is 2.27. The first-order valence-electron chi connectivity index (χ1n) is 13.5. The number of fused-ring (bicyclic) bond motifs is 1. The van der Waals surface area contributed by atoms with Crippen LogP contribution in [0, 0.1) is 0 Å². The first kappa shape index (κ1) is 30.7. The molecule has 11 heteroatoms. The lowest BCUT2D eigenvalue weighted by Gasteiger charge is -2.44. The van der Waals surface area contributed by atoms with Crippen LogP contribution in [0.25, 0.3) is 10.8 Å². The maximum atomic E-state index is 13.0. The summed E-state index contributed by atoms with van der Waals surface area (Å²) in [5.74, 6) is -0.308. The fourth-order valence-corrected chi connectivity index (χ4v) is 4.83. The number of carbonyl (C=O) groups is 1. The van der Waals surface area contributed by atoms with Crippen LogP contribution >= 0.6 is 11.6 Å². The molecule has 1 heterocycles. The first-order chi connectivity index (χ1) is 19.8. The molecule has 1 aliphatic rings. The second kappa shape index (κ2) is 15.1. The van der Waals surface area contributed by atoms with Gasteiger partial charge in [0.1, 0.15) is 24.4 Å². The molecule has 3 aromatic carbocycles. The summed E-state index contributed by atoms with van der Waals surface area (Å²) in [5.41, 5.74) is 12.6. The van der Waals surface area contributed by atoms with E-state index in [4.69, 9.17) is 42.0 Å². The van der Waals surface area contributed by atoms with E-state index >= 15 is 0 Å². The van der Waals surface area contributed by atoms with Crippen LogP contribution in [-0.4, -0.2) is 67.9 Å². The van der Waals surface area contributed by atoms with E-state index in [1.807, 2.05) is 54.6 Å². The number of benzene rings is 3. The van der Waals surface area contributed by atoms with Crippen LogP contribution in [0.4, 0.5) is 0 Å². The van der Waals surface area contributed by atoms with Gasteiger partial charge in [-0.3, -0.25) is 9.79 Å². The van der Waals surface area contributed by atoms with Crippen molar-refractivity contribution in [2.75, 3.05) is 20.3 Å². The smallest absolute Gasteiger partial charge is 0.220 e. The van der Waals surface area contributed by atoms with Gasteiger partial charge >= 0.3 is 0 Å². The van der Waals surface area contributed by atoms with E-state index in [1.54, 1.807) is 12.1 Å². The lowest BCUT2D eigenvalue weighted by atomic mass is 9.96. The third-order valence-electron chi connectivity index (χ3n) is 6.77. The molecule has 1 aliphatic heterocycles. The van der Waals surface area contributed by atoms with Gasteiger partial charge in [-0.1, -0.05) is 60.1 Å². The van der Waals surface area contributed by atoms with E-state index in [-0.39, 0.29) is 38.1 Å². The summed E-state index contributed by atoms with van der Waals surface area (Å²) in [7, 11) is 1.52. The molecule has 1 saturated heterocycles. The second-order valence-electron chi connectivity index (χ2n) is 9.89. The number of ether oxygens (including phenoxy) is 4. The van der Waals surface area contributed by atoms with E-state index < -0.39 is 30.6 Å². The van der Waals surface area contributed by atoms with Gasteiger partial charge in [0.2, 0.25) is 5.91 Å². The van der Waals surface area contributed by atoms with Gasteiger partial charge < -0.3 is 40.8 Å². The molecule has 0 aliphatic carbocycles. The largest absolute Gasteiger partial charge is 0.388 e. The number of methoxy groups -OCH3 is 1. The molecule has 0 bridgehead atoms. The average molecular weight is 585 g/mol. The van der Waals surface area contributed by atoms with E-state index in [2.05, 4.69) is 10.3 Å². The quantitative estimate of drug-likeness (QED) is 0.136. The van der Waals surface area contributed by atoms with Crippen LogP contribution in [0.2, 0.25) is 5.02 Å². The molecule has 1 amide bonds. The highest BCUT2D eigenvalue weighted by Gasteiger charge is 2.47. The topological polar surface area (TPSA) is 151 Å². The minimum Gasteiger partial charge on any atom is -0.388 e. The van der Waals surface area contributed by atoms with Gasteiger partial charge in [0.15, 0.2) is 12.2 Å². The van der Waals surface area contributed by atoms with Crippen LogP contribution < -0.4 is 16.8 Å². The van der Waals surface area contributed by atoms with Crippen LogP contribution in [0.15, 0.2) is 71.7 Å². The van der Waals surface area contributed by atoms with Crippen LogP contribution in [0.1, 0.15) is 24.0 Å². The average Bonchev–Trinajstić information content (AvgIpc) is 2.96. The van der Waals surface area contributed by atoms with Crippen molar-refractivity contribution in [3.8, 4) is 0 Å². The van der Waals surface area contributed by atoms with Crippen LogP contribution in [-0.2, 0) is 37.0 Å². The number of nitrogens with one attached hydrogen (secondary N) is 1. The second-order valence-corrected chi connectivity index (χ2v) is 10.3. The number of halogens is 1. The normalized spacial score (nSPS) is 22.4. The van der Waals surface area contributed by atoms with Crippen molar-refractivity contribution in [1.82, 2.24) is 5.32 Å².